The number of rotatable bonds is 2. The molecule has 0 fully saturated rings. The maximum absolute atomic E-state index is 6.02. The van der Waals surface area contributed by atoms with Gasteiger partial charge in [0.2, 0.25) is 5.89 Å². The molecule has 0 spiro atoms. The number of nitrogens with zero attached hydrogens (tertiary/aromatic N) is 2. The van der Waals surface area contributed by atoms with Crippen LogP contribution in [0.4, 0.5) is 0 Å². The van der Waals surface area contributed by atoms with Crippen molar-refractivity contribution in [3.8, 4) is 22.6 Å². The minimum absolute atomic E-state index is 0.642. The van der Waals surface area contributed by atoms with Crippen molar-refractivity contribution in [1.82, 2.24) is 9.97 Å². The third-order valence-electron chi connectivity index (χ3n) is 4.48. The van der Waals surface area contributed by atoms with Crippen LogP contribution in [0.25, 0.3) is 44.8 Å². The van der Waals surface area contributed by atoms with Gasteiger partial charge in [-0.3, -0.25) is 0 Å². The topological polar surface area (TPSA) is 52.1 Å². The van der Waals surface area contributed by atoms with Crippen LogP contribution < -0.4 is 0 Å². The Bertz CT molecular complexity index is 1260. The Balaban J connectivity index is 1.60. The zero-order valence-corrected chi connectivity index (χ0v) is 14.5. The van der Waals surface area contributed by atoms with E-state index in [1.165, 1.54) is 5.56 Å². The predicted molar refractivity (Wildman–Crippen MR) is 102 cm³/mol. The van der Waals surface area contributed by atoms with Crippen molar-refractivity contribution < 1.29 is 8.83 Å². The van der Waals surface area contributed by atoms with E-state index in [2.05, 4.69) is 35.1 Å². The third kappa shape index (κ3) is 2.47. The zero-order valence-electron chi connectivity index (χ0n) is 14.5. The summed E-state index contributed by atoms with van der Waals surface area (Å²) >= 11 is 0. The van der Waals surface area contributed by atoms with Gasteiger partial charge >= 0.3 is 0 Å². The maximum atomic E-state index is 6.02. The van der Waals surface area contributed by atoms with Crippen molar-refractivity contribution in [2.45, 2.75) is 13.8 Å². The first-order valence-corrected chi connectivity index (χ1v) is 8.51. The lowest BCUT2D eigenvalue weighted by molar-refractivity contribution is 0.561. The second-order valence-corrected chi connectivity index (χ2v) is 6.49. The van der Waals surface area contributed by atoms with Gasteiger partial charge in [0.05, 0.1) is 0 Å². The summed E-state index contributed by atoms with van der Waals surface area (Å²) in [6.45, 7) is 3.92. The molecule has 0 amide bonds. The van der Waals surface area contributed by atoms with Gasteiger partial charge in [0.1, 0.15) is 11.0 Å². The normalized spacial score (nSPS) is 11.5. The highest BCUT2D eigenvalue weighted by atomic mass is 16.4. The van der Waals surface area contributed by atoms with Crippen molar-refractivity contribution in [2.24, 2.45) is 0 Å². The average Bonchev–Trinajstić information content (AvgIpc) is 3.22. The minimum atomic E-state index is 0.642. The summed E-state index contributed by atoms with van der Waals surface area (Å²) in [6.07, 6.45) is 0. The first-order chi connectivity index (χ1) is 12.7. The molecule has 126 valence electrons. The summed E-state index contributed by atoms with van der Waals surface area (Å²) in [7, 11) is 0. The lowest BCUT2D eigenvalue weighted by Gasteiger charge is -2.00. The van der Waals surface area contributed by atoms with Gasteiger partial charge in [-0.05, 0) is 54.4 Å². The second kappa shape index (κ2) is 5.56. The standard InChI is InChI=1S/C22H16N2O2/c1-13-4-3-5-17(10-13)22-24-18-8-6-16(12-21(18)26-22)15-7-9-20-19(11-15)23-14(2)25-20/h3-12H,1-2H3. The maximum Gasteiger partial charge on any atom is 0.227 e. The van der Waals surface area contributed by atoms with E-state index in [0.717, 1.165) is 38.9 Å². The van der Waals surface area contributed by atoms with Crippen LogP contribution in [-0.2, 0) is 0 Å². The predicted octanol–water partition coefficient (Wildman–Crippen LogP) is 5.92. The minimum Gasteiger partial charge on any atom is -0.441 e. The van der Waals surface area contributed by atoms with Crippen LogP contribution in [0.1, 0.15) is 11.5 Å². The van der Waals surface area contributed by atoms with Crippen molar-refractivity contribution >= 4 is 22.2 Å². The van der Waals surface area contributed by atoms with Crippen LogP contribution in [0.5, 0.6) is 0 Å². The van der Waals surface area contributed by atoms with Crippen molar-refractivity contribution in [3.63, 3.8) is 0 Å². The Morgan fingerprint density at radius 1 is 0.654 bits per heavy atom. The molecule has 3 aromatic carbocycles. The quantitative estimate of drug-likeness (QED) is 0.400. The highest BCUT2D eigenvalue weighted by molar-refractivity contribution is 5.85. The molecule has 0 N–H and O–H groups in total. The second-order valence-electron chi connectivity index (χ2n) is 6.49. The van der Waals surface area contributed by atoms with Crippen LogP contribution in [0, 0.1) is 13.8 Å². The molecule has 0 radical (unpaired) electrons. The summed E-state index contributed by atoms with van der Waals surface area (Å²) in [6, 6.07) is 20.3. The van der Waals surface area contributed by atoms with E-state index < -0.39 is 0 Å². The number of hydrogen-bond donors (Lipinski definition) is 0. The molecule has 0 aliphatic heterocycles. The lowest BCUT2D eigenvalue weighted by atomic mass is 10.0. The van der Waals surface area contributed by atoms with E-state index in [-0.39, 0.29) is 0 Å². The van der Waals surface area contributed by atoms with E-state index in [9.17, 15) is 0 Å². The number of fused-ring (bicyclic) bond motifs is 2. The zero-order chi connectivity index (χ0) is 17.7. The van der Waals surface area contributed by atoms with E-state index in [1.807, 2.05) is 49.4 Å². The van der Waals surface area contributed by atoms with Gasteiger partial charge < -0.3 is 8.83 Å². The molecular formula is C22H16N2O2. The van der Waals surface area contributed by atoms with Crippen LogP contribution >= 0.6 is 0 Å². The first kappa shape index (κ1) is 14.9. The Morgan fingerprint density at radius 2 is 1.50 bits per heavy atom. The van der Waals surface area contributed by atoms with Gasteiger partial charge in [-0.25, -0.2) is 9.97 Å². The molecule has 2 aromatic heterocycles. The van der Waals surface area contributed by atoms with Gasteiger partial charge in [0, 0.05) is 12.5 Å². The van der Waals surface area contributed by atoms with Crippen molar-refractivity contribution in [3.05, 3.63) is 72.1 Å². The molecule has 0 saturated carbocycles. The van der Waals surface area contributed by atoms with Gasteiger partial charge in [0.15, 0.2) is 17.1 Å². The van der Waals surface area contributed by atoms with Gasteiger partial charge in [-0.2, -0.15) is 0 Å². The molecule has 2 heterocycles. The van der Waals surface area contributed by atoms with Crippen LogP contribution in [-0.4, -0.2) is 9.97 Å². The molecule has 4 nitrogen and oxygen atoms in total. The molecule has 4 heteroatoms. The Hall–Kier alpha value is -3.40. The lowest BCUT2D eigenvalue weighted by Crippen LogP contribution is -1.79. The van der Waals surface area contributed by atoms with Crippen LogP contribution in [0.15, 0.2) is 69.5 Å². The fraction of sp³-hybridized carbons (Fsp3) is 0.0909. The first-order valence-electron chi connectivity index (χ1n) is 8.51. The van der Waals surface area contributed by atoms with Gasteiger partial charge in [-0.1, -0.05) is 29.8 Å². The highest BCUT2D eigenvalue weighted by Crippen LogP contribution is 2.30. The van der Waals surface area contributed by atoms with Crippen LogP contribution in [0.3, 0.4) is 0 Å². The molecule has 0 saturated heterocycles. The molecule has 5 rings (SSSR count). The molecule has 26 heavy (non-hydrogen) atoms. The monoisotopic (exact) mass is 340 g/mol. The smallest absolute Gasteiger partial charge is 0.227 e. The van der Waals surface area contributed by atoms with Gasteiger partial charge in [-0.15, -0.1) is 0 Å². The number of oxazole rings is 2. The summed E-state index contributed by atoms with van der Waals surface area (Å²) in [5.41, 5.74) is 7.59. The molecule has 0 atom stereocenters. The molecule has 5 aromatic rings. The molecular weight excluding hydrogens is 324 g/mol. The molecule has 0 aliphatic carbocycles. The Morgan fingerprint density at radius 3 is 2.38 bits per heavy atom. The van der Waals surface area contributed by atoms with E-state index in [0.29, 0.717) is 11.8 Å². The summed E-state index contributed by atoms with van der Waals surface area (Å²) in [5, 5.41) is 0. The Labute approximate surface area is 150 Å². The van der Waals surface area contributed by atoms with Gasteiger partial charge in [0.25, 0.3) is 0 Å². The van der Waals surface area contributed by atoms with E-state index in [4.69, 9.17) is 8.83 Å². The number of aryl methyl sites for hydroxylation is 2. The van der Waals surface area contributed by atoms with Crippen molar-refractivity contribution in [2.75, 3.05) is 0 Å². The number of aromatic nitrogens is 2. The average molecular weight is 340 g/mol. The highest BCUT2D eigenvalue weighted by Gasteiger charge is 2.11. The molecule has 0 unspecified atom stereocenters. The fourth-order valence-corrected chi connectivity index (χ4v) is 3.23. The number of benzene rings is 3. The van der Waals surface area contributed by atoms with Crippen molar-refractivity contribution in [1.29, 1.82) is 0 Å². The summed E-state index contributed by atoms with van der Waals surface area (Å²) in [4.78, 5) is 9.03. The van der Waals surface area contributed by atoms with E-state index in [1.54, 1.807) is 0 Å². The molecule has 0 bridgehead atoms. The SMILES string of the molecule is Cc1cccc(-c2nc3ccc(-c4ccc5oc(C)nc5c4)cc3o2)c1. The summed E-state index contributed by atoms with van der Waals surface area (Å²) < 4.78 is 11.6. The largest absolute Gasteiger partial charge is 0.441 e. The molecule has 0 aliphatic rings. The fourth-order valence-electron chi connectivity index (χ4n) is 3.23. The Kier molecular flexibility index (Phi) is 3.19. The third-order valence-corrected chi connectivity index (χ3v) is 4.48. The van der Waals surface area contributed by atoms with E-state index >= 15 is 0 Å². The number of hydrogen-bond acceptors (Lipinski definition) is 4. The summed E-state index contributed by atoms with van der Waals surface area (Å²) in [5.74, 6) is 1.31. The van der Waals surface area contributed by atoms with Crippen LogP contribution in [0.2, 0.25) is 0 Å².